The van der Waals surface area contributed by atoms with Gasteiger partial charge in [-0.15, -0.1) is 0 Å². The minimum Gasteiger partial charge on any atom is -0.396 e. The molecular formula is C19H20N2O3. The van der Waals surface area contributed by atoms with Crippen LogP contribution in [0.2, 0.25) is 0 Å². The zero-order valence-corrected chi connectivity index (χ0v) is 13.2. The van der Waals surface area contributed by atoms with Crippen LogP contribution in [0.1, 0.15) is 33.9 Å². The highest BCUT2D eigenvalue weighted by Crippen LogP contribution is 2.16. The van der Waals surface area contributed by atoms with E-state index in [4.69, 9.17) is 5.73 Å². The maximum absolute atomic E-state index is 12.1. The Balaban J connectivity index is 2.01. The molecule has 0 fully saturated rings. The van der Waals surface area contributed by atoms with Crippen molar-refractivity contribution in [2.75, 3.05) is 6.61 Å². The molecule has 0 aliphatic heterocycles. The third-order valence-electron chi connectivity index (χ3n) is 3.56. The van der Waals surface area contributed by atoms with E-state index in [0.717, 1.165) is 11.1 Å². The van der Waals surface area contributed by atoms with Crippen LogP contribution in [-0.2, 0) is 4.79 Å². The number of hydrogen-bond donors (Lipinski definition) is 3. The van der Waals surface area contributed by atoms with Crippen molar-refractivity contribution in [2.24, 2.45) is 5.73 Å². The second-order valence-electron chi connectivity index (χ2n) is 5.30. The molecule has 0 saturated carbocycles. The van der Waals surface area contributed by atoms with Crippen molar-refractivity contribution in [2.45, 2.75) is 12.5 Å². The summed E-state index contributed by atoms with van der Waals surface area (Å²) in [5.74, 6) is -0.741. The number of amides is 2. The van der Waals surface area contributed by atoms with Gasteiger partial charge in [0.25, 0.3) is 0 Å². The molecule has 2 rings (SSSR count). The van der Waals surface area contributed by atoms with E-state index >= 15 is 0 Å². The van der Waals surface area contributed by atoms with Crippen molar-refractivity contribution in [1.29, 1.82) is 0 Å². The van der Waals surface area contributed by atoms with Crippen LogP contribution in [0.15, 0.2) is 60.7 Å². The minimum atomic E-state index is -0.488. The van der Waals surface area contributed by atoms with Gasteiger partial charge in [0, 0.05) is 18.2 Å². The van der Waals surface area contributed by atoms with Gasteiger partial charge in [-0.05, 0) is 35.8 Å². The molecule has 0 radical (unpaired) electrons. The molecule has 0 aromatic heterocycles. The normalized spacial score (nSPS) is 12.0. The highest BCUT2D eigenvalue weighted by molar-refractivity contribution is 5.94. The summed E-state index contributed by atoms with van der Waals surface area (Å²) in [7, 11) is 0. The Hall–Kier alpha value is -2.92. The van der Waals surface area contributed by atoms with Gasteiger partial charge in [0.1, 0.15) is 0 Å². The fourth-order valence-corrected chi connectivity index (χ4v) is 2.29. The fraction of sp³-hybridized carbons (Fsp3) is 0.158. The fourth-order valence-electron chi connectivity index (χ4n) is 2.29. The van der Waals surface area contributed by atoms with Gasteiger partial charge in [-0.25, -0.2) is 0 Å². The predicted octanol–water partition coefficient (Wildman–Crippen LogP) is 2.04. The molecule has 2 aromatic carbocycles. The molecule has 2 aromatic rings. The molecule has 0 saturated heterocycles. The van der Waals surface area contributed by atoms with Gasteiger partial charge in [-0.2, -0.15) is 0 Å². The summed E-state index contributed by atoms with van der Waals surface area (Å²) in [6, 6.07) is 15.9. The van der Waals surface area contributed by atoms with Gasteiger partial charge < -0.3 is 16.2 Å². The Kier molecular flexibility index (Phi) is 6.28. The molecule has 1 atom stereocenters. The SMILES string of the molecule is NC(=O)c1ccc(/C=C/C(=O)NC(CCO)c2ccccc2)cc1. The second-order valence-corrected chi connectivity index (χ2v) is 5.30. The summed E-state index contributed by atoms with van der Waals surface area (Å²) in [5, 5.41) is 12.1. The van der Waals surface area contributed by atoms with Crippen LogP contribution < -0.4 is 11.1 Å². The number of nitrogens with one attached hydrogen (secondary N) is 1. The van der Waals surface area contributed by atoms with Crippen molar-refractivity contribution >= 4 is 17.9 Å². The van der Waals surface area contributed by atoms with Crippen LogP contribution >= 0.6 is 0 Å². The molecule has 24 heavy (non-hydrogen) atoms. The maximum Gasteiger partial charge on any atom is 0.248 e. The molecule has 0 aliphatic carbocycles. The van der Waals surface area contributed by atoms with Crippen LogP contribution in [0.25, 0.3) is 6.08 Å². The minimum absolute atomic E-state index is 0.0157. The molecule has 124 valence electrons. The summed E-state index contributed by atoms with van der Waals surface area (Å²) < 4.78 is 0. The number of hydrogen-bond acceptors (Lipinski definition) is 3. The van der Waals surface area contributed by atoms with E-state index in [1.54, 1.807) is 30.3 Å². The summed E-state index contributed by atoms with van der Waals surface area (Å²) in [5.41, 5.74) is 7.33. The summed E-state index contributed by atoms with van der Waals surface area (Å²) in [4.78, 5) is 23.1. The molecule has 0 bridgehead atoms. The van der Waals surface area contributed by atoms with Gasteiger partial charge in [0.05, 0.1) is 6.04 Å². The van der Waals surface area contributed by atoms with E-state index in [1.165, 1.54) is 6.08 Å². The van der Waals surface area contributed by atoms with Crippen molar-refractivity contribution in [1.82, 2.24) is 5.32 Å². The van der Waals surface area contributed by atoms with E-state index in [-0.39, 0.29) is 18.6 Å². The molecule has 4 N–H and O–H groups in total. The average Bonchev–Trinajstić information content (AvgIpc) is 2.60. The van der Waals surface area contributed by atoms with E-state index in [1.807, 2.05) is 30.3 Å². The standard InChI is InChI=1S/C19H20N2O3/c20-19(24)16-9-6-14(7-10-16)8-11-18(23)21-17(12-13-22)15-4-2-1-3-5-15/h1-11,17,22H,12-13H2,(H2,20,24)(H,21,23)/b11-8+. The molecule has 0 heterocycles. The maximum atomic E-state index is 12.1. The highest BCUT2D eigenvalue weighted by Gasteiger charge is 2.12. The van der Waals surface area contributed by atoms with Crippen molar-refractivity contribution in [3.05, 3.63) is 77.4 Å². The summed E-state index contributed by atoms with van der Waals surface area (Å²) in [6.07, 6.45) is 3.52. The van der Waals surface area contributed by atoms with Crippen LogP contribution in [0.4, 0.5) is 0 Å². The molecule has 5 nitrogen and oxygen atoms in total. The number of carbonyl (C=O) groups excluding carboxylic acids is 2. The number of carbonyl (C=O) groups is 2. The first kappa shape index (κ1) is 17.4. The number of rotatable bonds is 7. The second kappa shape index (κ2) is 8.64. The quantitative estimate of drug-likeness (QED) is 0.681. The third-order valence-corrected chi connectivity index (χ3v) is 3.56. The topological polar surface area (TPSA) is 92.4 Å². The number of aliphatic hydroxyl groups excluding tert-OH is 1. The number of benzene rings is 2. The average molecular weight is 324 g/mol. The molecule has 1 unspecified atom stereocenters. The first-order valence-electron chi connectivity index (χ1n) is 7.64. The monoisotopic (exact) mass is 324 g/mol. The first-order valence-corrected chi connectivity index (χ1v) is 7.64. The molecule has 2 amide bonds. The molecule has 0 aliphatic rings. The number of primary amides is 1. The van der Waals surface area contributed by atoms with Gasteiger partial charge in [0.15, 0.2) is 0 Å². The first-order chi connectivity index (χ1) is 11.6. The van der Waals surface area contributed by atoms with Gasteiger partial charge in [-0.1, -0.05) is 42.5 Å². The van der Waals surface area contributed by atoms with E-state index in [0.29, 0.717) is 12.0 Å². The third kappa shape index (κ3) is 5.07. The van der Waals surface area contributed by atoms with Crippen molar-refractivity contribution in [3.8, 4) is 0 Å². The van der Waals surface area contributed by atoms with Gasteiger partial charge >= 0.3 is 0 Å². The Morgan fingerprint density at radius 2 is 1.75 bits per heavy atom. The highest BCUT2D eigenvalue weighted by atomic mass is 16.3. The van der Waals surface area contributed by atoms with E-state index < -0.39 is 5.91 Å². The Morgan fingerprint density at radius 1 is 1.08 bits per heavy atom. The number of nitrogens with two attached hydrogens (primary N) is 1. The number of aliphatic hydroxyl groups is 1. The zero-order valence-electron chi connectivity index (χ0n) is 13.2. The molecule has 5 heteroatoms. The van der Waals surface area contributed by atoms with Gasteiger partial charge in [-0.3, -0.25) is 9.59 Å². The summed E-state index contributed by atoms with van der Waals surface area (Å²) in [6.45, 7) is -0.0157. The largest absolute Gasteiger partial charge is 0.396 e. The predicted molar refractivity (Wildman–Crippen MR) is 93.0 cm³/mol. The lowest BCUT2D eigenvalue weighted by Crippen LogP contribution is -2.27. The van der Waals surface area contributed by atoms with Crippen LogP contribution in [0.5, 0.6) is 0 Å². The van der Waals surface area contributed by atoms with Crippen LogP contribution in [0.3, 0.4) is 0 Å². The lowest BCUT2D eigenvalue weighted by Gasteiger charge is -2.17. The summed E-state index contributed by atoms with van der Waals surface area (Å²) >= 11 is 0. The van der Waals surface area contributed by atoms with Crippen LogP contribution in [-0.4, -0.2) is 23.5 Å². The van der Waals surface area contributed by atoms with Crippen molar-refractivity contribution in [3.63, 3.8) is 0 Å². The van der Waals surface area contributed by atoms with E-state index in [9.17, 15) is 14.7 Å². The Morgan fingerprint density at radius 3 is 2.33 bits per heavy atom. The smallest absolute Gasteiger partial charge is 0.248 e. The lowest BCUT2D eigenvalue weighted by molar-refractivity contribution is -0.117. The lowest BCUT2D eigenvalue weighted by atomic mass is 10.0. The Labute approximate surface area is 140 Å². The Bertz CT molecular complexity index is 709. The zero-order chi connectivity index (χ0) is 17.4. The molecule has 0 spiro atoms. The van der Waals surface area contributed by atoms with Crippen LogP contribution in [0, 0.1) is 0 Å². The van der Waals surface area contributed by atoms with Crippen molar-refractivity contribution < 1.29 is 14.7 Å². The van der Waals surface area contributed by atoms with Gasteiger partial charge in [0.2, 0.25) is 11.8 Å². The van der Waals surface area contributed by atoms with E-state index in [2.05, 4.69) is 5.32 Å². The molecular weight excluding hydrogens is 304 g/mol.